The summed E-state index contributed by atoms with van der Waals surface area (Å²) < 4.78 is 9.97. The molecule has 0 N–H and O–H groups in total. The van der Waals surface area contributed by atoms with E-state index in [1.807, 2.05) is 0 Å². The number of hydrogen-bond donors (Lipinski definition) is 0. The molecule has 1 unspecified atom stereocenters. The first-order chi connectivity index (χ1) is 10.1. The highest BCUT2D eigenvalue weighted by Crippen LogP contribution is 2.33. The number of nitrogens with zero attached hydrogens (tertiary/aromatic N) is 1. The molecule has 1 atom stereocenters. The Balaban J connectivity index is 2.38. The van der Waals surface area contributed by atoms with Crippen molar-refractivity contribution < 1.29 is 23.9 Å². The van der Waals surface area contributed by atoms with Crippen molar-refractivity contribution in [3.05, 3.63) is 30.3 Å². The van der Waals surface area contributed by atoms with Crippen LogP contribution in [0.5, 0.6) is 0 Å². The molecule has 1 heterocycles. The van der Waals surface area contributed by atoms with E-state index in [2.05, 4.69) is 0 Å². The summed E-state index contributed by atoms with van der Waals surface area (Å²) >= 11 is 0. The molecule has 1 aliphatic rings. The quantitative estimate of drug-likeness (QED) is 0.456. The van der Waals surface area contributed by atoms with Gasteiger partial charge in [0.2, 0.25) is 5.78 Å². The Bertz CT molecular complexity index is 556. The average Bonchev–Trinajstić information content (AvgIpc) is 2.75. The monoisotopic (exact) mass is 291 g/mol. The Labute approximate surface area is 122 Å². The number of rotatable bonds is 5. The van der Waals surface area contributed by atoms with Crippen molar-refractivity contribution in [3.63, 3.8) is 0 Å². The van der Waals surface area contributed by atoms with Gasteiger partial charge in [-0.2, -0.15) is 0 Å². The third-order valence-electron chi connectivity index (χ3n) is 3.43. The van der Waals surface area contributed by atoms with Gasteiger partial charge in [0.1, 0.15) is 0 Å². The topological polar surface area (TPSA) is 72.9 Å². The van der Waals surface area contributed by atoms with Crippen molar-refractivity contribution in [2.45, 2.75) is 6.92 Å². The number of hydrogen-bond acceptors (Lipinski definition) is 5. The van der Waals surface area contributed by atoms with E-state index in [1.54, 1.807) is 37.3 Å². The second kappa shape index (κ2) is 6.05. The third kappa shape index (κ3) is 2.54. The van der Waals surface area contributed by atoms with Gasteiger partial charge in [-0.1, -0.05) is 18.2 Å². The van der Waals surface area contributed by atoms with Crippen molar-refractivity contribution >= 4 is 23.3 Å². The number of ketones is 1. The Morgan fingerprint density at radius 3 is 2.52 bits per heavy atom. The molecule has 0 saturated carbocycles. The van der Waals surface area contributed by atoms with E-state index in [4.69, 9.17) is 9.47 Å². The molecule has 0 aromatic heterocycles. The standard InChI is InChI=1S/C15H17NO5/c1-3-21-14(19)15(10-20-2)9-16(13(18)12(15)17)11-7-5-4-6-8-11/h4-8H,3,9-10H2,1-2H3. The largest absolute Gasteiger partial charge is 0.465 e. The minimum absolute atomic E-state index is 0.0681. The Morgan fingerprint density at radius 2 is 1.95 bits per heavy atom. The van der Waals surface area contributed by atoms with Crippen LogP contribution in [0.3, 0.4) is 0 Å². The number of methoxy groups -OCH3 is 1. The number of amides is 1. The van der Waals surface area contributed by atoms with E-state index in [0.717, 1.165) is 0 Å². The fourth-order valence-electron chi connectivity index (χ4n) is 2.40. The predicted octanol–water partition coefficient (Wildman–Crippen LogP) is 0.798. The van der Waals surface area contributed by atoms with Gasteiger partial charge in [0, 0.05) is 12.8 Å². The SMILES string of the molecule is CCOC(=O)C1(COC)CN(c2ccccc2)C(=O)C1=O. The number of Topliss-reactive ketones (excluding diaryl/α,β-unsaturated/α-hetero) is 1. The summed E-state index contributed by atoms with van der Waals surface area (Å²) in [7, 11) is 1.38. The van der Waals surface area contributed by atoms with Crippen LogP contribution in [0.25, 0.3) is 0 Å². The van der Waals surface area contributed by atoms with Gasteiger partial charge in [-0.25, -0.2) is 0 Å². The molecule has 1 aromatic rings. The lowest BCUT2D eigenvalue weighted by Crippen LogP contribution is -2.45. The summed E-state index contributed by atoms with van der Waals surface area (Å²) in [6, 6.07) is 8.74. The van der Waals surface area contributed by atoms with E-state index in [9.17, 15) is 14.4 Å². The Morgan fingerprint density at radius 1 is 1.29 bits per heavy atom. The Kier molecular flexibility index (Phi) is 4.37. The molecular weight excluding hydrogens is 274 g/mol. The first-order valence-electron chi connectivity index (χ1n) is 6.64. The van der Waals surface area contributed by atoms with Gasteiger partial charge in [0.05, 0.1) is 19.8 Å². The molecule has 1 fully saturated rings. The highest BCUT2D eigenvalue weighted by molar-refractivity contribution is 6.49. The van der Waals surface area contributed by atoms with Crippen LogP contribution in [0.4, 0.5) is 5.69 Å². The van der Waals surface area contributed by atoms with E-state index in [1.165, 1.54) is 12.0 Å². The second-order valence-electron chi connectivity index (χ2n) is 4.79. The first kappa shape index (κ1) is 15.2. The molecule has 1 amide bonds. The number of ether oxygens (including phenoxy) is 2. The summed E-state index contributed by atoms with van der Waals surface area (Å²) in [5, 5.41) is 0. The smallest absolute Gasteiger partial charge is 0.324 e. The second-order valence-corrected chi connectivity index (χ2v) is 4.79. The number of benzene rings is 1. The molecule has 112 valence electrons. The maximum absolute atomic E-state index is 12.3. The Hall–Kier alpha value is -2.21. The van der Waals surface area contributed by atoms with E-state index < -0.39 is 23.1 Å². The van der Waals surface area contributed by atoms with Crippen molar-refractivity contribution in [2.24, 2.45) is 5.41 Å². The van der Waals surface area contributed by atoms with Crippen molar-refractivity contribution in [1.29, 1.82) is 0 Å². The molecule has 1 aliphatic heterocycles. The first-order valence-corrected chi connectivity index (χ1v) is 6.64. The molecule has 0 bridgehead atoms. The number of esters is 1. The minimum Gasteiger partial charge on any atom is -0.465 e. The highest BCUT2D eigenvalue weighted by atomic mass is 16.5. The van der Waals surface area contributed by atoms with Crippen LogP contribution in [0.2, 0.25) is 0 Å². The minimum atomic E-state index is -1.59. The van der Waals surface area contributed by atoms with Gasteiger partial charge in [0.25, 0.3) is 5.91 Å². The van der Waals surface area contributed by atoms with E-state index >= 15 is 0 Å². The highest BCUT2D eigenvalue weighted by Gasteiger charge is 2.58. The van der Waals surface area contributed by atoms with Gasteiger partial charge in [-0.3, -0.25) is 14.4 Å². The van der Waals surface area contributed by atoms with Gasteiger partial charge in [-0.15, -0.1) is 0 Å². The third-order valence-corrected chi connectivity index (χ3v) is 3.43. The summed E-state index contributed by atoms with van der Waals surface area (Å²) in [5.74, 6) is -2.22. The normalized spacial score (nSPS) is 21.7. The molecule has 2 rings (SSSR count). The number of para-hydroxylation sites is 1. The van der Waals surface area contributed by atoms with Crippen LogP contribution < -0.4 is 4.90 Å². The zero-order chi connectivity index (χ0) is 15.5. The van der Waals surface area contributed by atoms with Crippen LogP contribution >= 0.6 is 0 Å². The number of carbonyl (C=O) groups excluding carboxylic acids is 3. The molecule has 1 aromatic carbocycles. The van der Waals surface area contributed by atoms with Crippen molar-refractivity contribution in [1.82, 2.24) is 0 Å². The van der Waals surface area contributed by atoms with Crippen LogP contribution in [-0.2, 0) is 23.9 Å². The zero-order valence-electron chi connectivity index (χ0n) is 12.0. The fraction of sp³-hybridized carbons (Fsp3) is 0.400. The van der Waals surface area contributed by atoms with Crippen LogP contribution in [0.1, 0.15) is 6.92 Å². The van der Waals surface area contributed by atoms with Crippen molar-refractivity contribution in [2.75, 3.05) is 31.8 Å². The van der Waals surface area contributed by atoms with Gasteiger partial charge >= 0.3 is 5.97 Å². The molecule has 0 spiro atoms. The predicted molar refractivity (Wildman–Crippen MR) is 74.7 cm³/mol. The summed E-state index contributed by atoms with van der Waals surface area (Å²) in [4.78, 5) is 38.0. The molecule has 6 nitrogen and oxygen atoms in total. The van der Waals surface area contributed by atoms with Crippen LogP contribution in [-0.4, -0.2) is 44.5 Å². The summed E-state index contributed by atoms with van der Waals surface area (Å²) in [6.45, 7) is 1.53. The molecule has 6 heteroatoms. The van der Waals surface area contributed by atoms with Crippen LogP contribution in [0, 0.1) is 5.41 Å². The lowest BCUT2D eigenvalue weighted by Gasteiger charge is -2.24. The maximum atomic E-state index is 12.3. The van der Waals surface area contributed by atoms with E-state index in [0.29, 0.717) is 5.69 Å². The molecule has 21 heavy (non-hydrogen) atoms. The molecule has 0 aliphatic carbocycles. The van der Waals surface area contributed by atoms with Crippen LogP contribution in [0.15, 0.2) is 30.3 Å². The number of anilines is 1. The number of carbonyl (C=O) groups is 3. The molecular formula is C15H17NO5. The lowest BCUT2D eigenvalue weighted by molar-refractivity contribution is -0.162. The van der Waals surface area contributed by atoms with Gasteiger partial charge in [0.15, 0.2) is 5.41 Å². The van der Waals surface area contributed by atoms with Crippen molar-refractivity contribution in [3.8, 4) is 0 Å². The fourth-order valence-corrected chi connectivity index (χ4v) is 2.40. The lowest BCUT2D eigenvalue weighted by atomic mass is 9.87. The molecule has 1 saturated heterocycles. The summed E-state index contributed by atoms with van der Waals surface area (Å²) in [5.41, 5.74) is -1.02. The average molecular weight is 291 g/mol. The van der Waals surface area contributed by atoms with E-state index in [-0.39, 0.29) is 19.8 Å². The van der Waals surface area contributed by atoms with Gasteiger partial charge < -0.3 is 14.4 Å². The summed E-state index contributed by atoms with van der Waals surface area (Å²) in [6.07, 6.45) is 0. The van der Waals surface area contributed by atoms with Gasteiger partial charge in [-0.05, 0) is 19.1 Å². The maximum Gasteiger partial charge on any atom is 0.324 e. The zero-order valence-corrected chi connectivity index (χ0v) is 12.0. The molecule has 0 radical (unpaired) electrons.